The van der Waals surface area contributed by atoms with Crippen LogP contribution in [0, 0.1) is 0 Å². The Hall–Kier alpha value is -4.57. The summed E-state index contributed by atoms with van der Waals surface area (Å²) in [4.78, 5) is 58.2. The van der Waals surface area contributed by atoms with Crippen molar-refractivity contribution < 1.29 is 75.8 Å². The molecule has 18 heteroatoms. The number of allylic oxidation sites excluding steroid dienone is 24. The molecule has 0 saturated carbocycles. The van der Waals surface area contributed by atoms with Gasteiger partial charge in [0.15, 0.2) is 6.10 Å². The number of esters is 3. The third-order valence-corrected chi connectivity index (χ3v) is 13.9. The highest BCUT2D eigenvalue weighted by Gasteiger charge is 2.29. The van der Waals surface area contributed by atoms with Crippen molar-refractivity contribution in [2.45, 2.75) is 219 Å². The second-order valence-electron chi connectivity index (χ2n) is 20.1. The Balaban J connectivity index is 4.85. The predicted octanol–water partition coefficient (Wildman–Crippen LogP) is 16.6. The summed E-state index contributed by atoms with van der Waals surface area (Å²) in [5, 5.41) is 20.5. The number of aliphatic hydroxyl groups excluding tert-OH is 2. The highest BCUT2D eigenvalue weighted by Crippen LogP contribution is 2.45. The number of hydrogen-bond acceptors (Lipinski definition) is 14. The third-order valence-electron chi connectivity index (χ3n) is 12.0. The Bertz CT molecular complexity index is 2130. The van der Waals surface area contributed by atoms with Crippen molar-refractivity contribution in [1.82, 2.24) is 0 Å². The molecule has 0 bridgehead atoms. The fourth-order valence-corrected chi connectivity index (χ4v) is 8.90. The van der Waals surface area contributed by atoms with Gasteiger partial charge in [0, 0.05) is 19.3 Å². The third kappa shape index (κ3) is 60.9. The molecule has 5 unspecified atom stereocenters. The van der Waals surface area contributed by atoms with Gasteiger partial charge in [-0.1, -0.05) is 199 Å². The van der Waals surface area contributed by atoms with Crippen LogP contribution < -0.4 is 0 Å². The highest BCUT2D eigenvalue weighted by atomic mass is 31.2. The lowest BCUT2D eigenvalue weighted by atomic mass is 10.1. The molecule has 482 valence electrons. The molecule has 0 spiro atoms. The molecule has 85 heavy (non-hydrogen) atoms. The molecule has 0 saturated heterocycles. The van der Waals surface area contributed by atoms with Crippen molar-refractivity contribution in [3.8, 4) is 0 Å². The summed E-state index contributed by atoms with van der Waals surface area (Å²) in [6.07, 6.45) is 69.3. The van der Waals surface area contributed by atoms with E-state index < -0.39 is 91.5 Å². The van der Waals surface area contributed by atoms with Crippen LogP contribution in [0.1, 0.15) is 201 Å². The molecular formula is C67H108O16P2. The predicted molar refractivity (Wildman–Crippen MR) is 343 cm³/mol. The van der Waals surface area contributed by atoms with E-state index in [9.17, 15) is 43.5 Å². The molecule has 0 aromatic carbocycles. The first-order valence-corrected chi connectivity index (χ1v) is 34.1. The number of carbonyl (C=O) groups is 3. The van der Waals surface area contributed by atoms with Crippen LogP contribution in [0.3, 0.4) is 0 Å². The smallest absolute Gasteiger partial charge is 0.463 e. The molecule has 0 aliphatic carbocycles. The summed E-state index contributed by atoms with van der Waals surface area (Å²) < 4.78 is 60.6. The van der Waals surface area contributed by atoms with Crippen molar-refractivity contribution in [2.75, 3.05) is 39.6 Å². The van der Waals surface area contributed by atoms with Crippen molar-refractivity contribution in [3.63, 3.8) is 0 Å². The molecule has 0 radical (unpaired) electrons. The SMILES string of the molecule is CC/C=C\C/C=C\C/C=C\C/C=C\C/C=C\CCCC(=O)OCC(O)COP(=O)(O)OCC(O)COP(=O)(O)OCC(COC(=O)CCC/C=C\C/C=C\C/C=C\C/C=C\C/C=C\CC)OC(=O)CCCCCCC/C=C\C/C=C\CCCCC. The minimum absolute atomic E-state index is 0.0694. The van der Waals surface area contributed by atoms with Crippen molar-refractivity contribution in [1.29, 1.82) is 0 Å². The Labute approximate surface area is 511 Å². The lowest BCUT2D eigenvalue weighted by Gasteiger charge is -2.21. The first kappa shape index (κ1) is 80.4. The van der Waals surface area contributed by atoms with Crippen LogP contribution in [0.15, 0.2) is 146 Å². The average molecular weight is 1230 g/mol. The number of carbonyl (C=O) groups excluding carboxylic acids is 3. The molecule has 0 aliphatic rings. The zero-order chi connectivity index (χ0) is 62.4. The van der Waals surface area contributed by atoms with Gasteiger partial charge in [-0.3, -0.25) is 32.5 Å². The van der Waals surface area contributed by atoms with E-state index in [1.165, 1.54) is 19.3 Å². The fourth-order valence-electron chi connectivity index (χ4n) is 7.32. The number of unbranched alkanes of at least 4 members (excludes halogenated alkanes) is 10. The first-order chi connectivity index (χ1) is 41.2. The van der Waals surface area contributed by atoms with E-state index >= 15 is 0 Å². The second-order valence-corrected chi connectivity index (χ2v) is 23.0. The number of phosphoric ester groups is 2. The van der Waals surface area contributed by atoms with Crippen LogP contribution in [-0.4, -0.2) is 95.9 Å². The number of ether oxygens (including phenoxy) is 3. The van der Waals surface area contributed by atoms with Crippen LogP contribution in [-0.2, 0) is 55.8 Å². The molecule has 0 fully saturated rings. The summed E-state index contributed by atoms with van der Waals surface area (Å²) in [5.74, 6) is -1.73. The van der Waals surface area contributed by atoms with Crippen LogP contribution in [0.5, 0.6) is 0 Å². The van der Waals surface area contributed by atoms with Gasteiger partial charge in [-0.05, 0) is 128 Å². The Kier molecular flexibility index (Phi) is 56.5. The minimum atomic E-state index is -4.95. The van der Waals surface area contributed by atoms with E-state index in [4.69, 9.17) is 32.3 Å². The lowest BCUT2D eigenvalue weighted by molar-refractivity contribution is -0.161. The quantitative estimate of drug-likeness (QED) is 0.0146. The van der Waals surface area contributed by atoms with Crippen molar-refractivity contribution >= 4 is 33.6 Å². The van der Waals surface area contributed by atoms with Crippen molar-refractivity contribution in [3.05, 3.63) is 146 Å². The summed E-state index contributed by atoms with van der Waals surface area (Å²) in [6.45, 7) is 2.21. The molecule has 5 atom stereocenters. The standard InChI is InChI=1S/C67H108O16P2/c1-4-7-10-13-16-19-22-25-28-30-33-35-38-41-44-47-50-53-65(70)77-56-62(68)57-79-84(73,74)80-58-63(69)59-81-85(75,76)82-61-64(83-67(72)55-52-49-46-43-40-37-32-27-24-21-18-15-12-9-6-3)60-78-66(71)54-51-48-45-42-39-36-34-31-29-26-23-20-17-14-11-8-5-2/h7-8,10-11,16-21,25-29,32-36,41-42,44-45,62-64,68-69H,4-6,9,12-15,22-24,30-31,37-40,43,46-61H2,1-3H3,(H,73,74)(H,75,76)/b10-7-,11-8-,19-16-,20-17-,21-18-,28-25-,29-26-,32-27-,35-33-,36-34-,44-41-,45-42-. The van der Waals surface area contributed by atoms with Crippen LogP contribution in [0.2, 0.25) is 0 Å². The maximum absolute atomic E-state index is 12.9. The summed E-state index contributed by atoms with van der Waals surface area (Å²) in [7, 11) is -9.81. The van der Waals surface area contributed by atoms with Crippen LogP contribution in [0.4, 0.5) is 0 Å². The number of aliphatic hydroxyl groups is 2. The minimum Gasteiger partial charge on any atom is -0.463 e. The largest absolute Gasteiger partial charge is 0.472 e. The zero-order valence-corrected chi connectivity index (χ0v) is 53.5. The highest BCUT2D eigenvalue weighted by molar-refractivity contribution is 7.47. The van der Waals surface area contributed by atoms with E-state index in [2.05, 4.69) is 142 Å². The summed E-state index contributed by atoms with van der Waals surface area (Å²) >= 11 is 0. The van der Waals surface area contributed by atoms with Gasteiger partial charge in [0.2, 0.25) is 0 Å². The molecule has 0 amide bonds. The van der Waals surface area contributed by atoms with Gasteiger partial charge in [-0.25, -0.2) is 9.13 Å². The number of hydrogen-bond donors (Lipinski definition) is 4. The van der Waals surface area contributed by atoms with Crippen LogP contribution in [0.25, 0.3) is 0 Å². The molecule has 0 aromatic rings. The molecule has 0 aromatic heterocycles. The van der Waals surface area contributed by atoms with Crippen LogP contribution >= 0.6 is 15.6 Å². The number of phosphoric acid groups is 2. The molecule has 4 N–H and O–H groups in total. The number of rotatable bonds is 57. The van der Waals surface area contributed by atoms with E-state index in [0.29, 0.717) is 32.1 Å². The second kappa shape index (κ2) is 59.7. The zero-order valence-electron chi connectivity index (χ0n) is 51.7. The summed E-state index contributed by atoms with van der Waals surface area (Å²) in [6, 6.07) is 0. The monoisotopic (exact) mass is 1230 g/mol. The van der Waals surface area contributed by atoms with E-state index in [-0.39, 0.29) is 19.3 Å². The van der Waals surface area contributed by atoms with Gasteiger partial charge >= 0.3 is 33.6 Å². The summed E-state index contributed by atoms with van der Waals surface area (Å²) in [5.41, 5.74) is 0. The molecule has 0 aliphatic heterocycles. The topological polar surface area (TPSA) is 231 Å². The maximum atomic E-state index is 12.9. The fraction of sp³-hybridized carbons (Fsp3) is 0.597. The lowest BCUT2D eigenvalue weighted by Crippen LogP contribution is -2.30. The molecular weight excluding hydrogens is 1120 g/mol. The van der Waals surface area contributed by atoms with Gasteiger partial charge in [0.1, 0.15) is 25.4 Å². The Morgan fingerprint density at radius 1 is 0.341 bits per heavy atom. The van der Waals surface area contributed by atoms with Gasteiger partial charge < -0.3 is 34.2 Å². The average Bonchev–Trinajstić information content (AvgIpc) is 3.48. The van der Waals surface area contributed by atoms with Gasteiger partial charge in [-0.2, -0.15) is 0 Å². The van der Waals surface area contributed by atoms with E-state index in [0.717, 1.165) is 109 Å². The normalized spacial score (nSPS) is 15.3. The molecule has 0 rings (SSSR count). The first-order valence-electron chi connectivity index (χ1n) is 31.1. The van der Waals surface area contributed by atoms with Gasteiger partial charge in [-0.15, -0.1) is 0 Å². The van der Waals surface area contributed by atoms with Gasteiger partial charge in [0.05, 0.1) is 26.4 Å². The Morgan fingerprint density at radius 3 is 1.02 bits per heavy atom. The molecule has 0 heterocycles. The molecule has 16 nitrogen and oxygen atoms in total. The van der Waals surface area contributed by atoms with Crippen molar-refractivity contribution in [2.24, 2.45) is 0 Å². The Morgan fingerprint density at radius 2 is 0.635 bits per heavy atom. The van der Waals surface area contributed by atoms with Gasteiger partial charge in [0.25, 0.3) is 0 Å². The maximum Gasteiger partial charge on any atom is 0.472 e. The van der Waals surface area contributed by atoms with E-state index in [1.807, 2.05) is 24.3 Å². The van der Waals surface area contributed by atoms with E-state index in [1.54, 1.807) is 0 Å².